The molecular weight excluding hydrogens is 150 g/mol. The van der Waals surface area contributed by atoms with Crippen LogP contribution in [-0.2, 0) is 4.84 Å². The number of hydrogen-bond acceptors (Lipinski definition) is 2. The molecule has 0 aliphatic rings. The Labute approximate surface area is 75.5 Å². The lowest BCUT2D eigenvalue weighted by molar-refractivity contribution is -0.152. The Morgan fingerprint density at radius 1 is 1.25 bits per heavy atom. The second-order valence-electron chi connectivity index (χ2n) is 3.11. The smallest absolute Gasteiger partial charge is 0.0708 e. The highest BCUT2D eigenvalue weighted by Crippen LogP contribution is 1.97. The van der Waals surface area contributed by atoms with E-state index in [-0.39, 0.29) is 0 Å². The molecule has 0 radical (unpaired) electrons. The zero-order chi connectivity index (χ0) is 9.40. The van der Waals surface area contributed by atoms with E-state index in [4.69, 9.17) is 4.84 Å². The summed E-state index contributed by atoms with van der Waals surface area (Å²) < 4.78 is 0. The first-order chi connectivity index (χ1) is 5.70. The van der Waals surface area contributed by atoms with Crippen molar-refractivity contribution in [3.05, 3.63) is 25.3 Å². The highest BCUT2D eigenvalue weighted by atomic mass is 16.7. The van der Waals surface area contributed by atoms with E-state index in [0.29, 0.717) is 5.92 Å². The normalized spacial score (nSPS) is 10.7. The van der Waals surface area contributed by atoms with Gasteiger partial charge < -0.3 is 0 Å². The van der Waals surface area contributed by atoms with Gasteiger partial charge in [0.05, 0.1) is 6.61 Å². The fourth-order valence-corrected chi connectivity index (χ4v) is 0.722. The van der Waals surface area contributed by atoms with Crippen LogP contribution in [0.15, 0.2) is 25.3 Å². The van der Waals surface area contributed by atoms with E-state index < -0.39 is 0 Å². The topological polar surface area (TPSA) is 12.5 Å². The molecule has 0 aliphatic heterocycles. The SMILES string of the molecule is C=CCN(CC=C)OCC(C)C. The van der Waals surface area contributed by atoms with Crippen molar-refractivity contribution in [1.82, 2.24) is 5.06 Å². The quantitative estimate of drug-likeness (QED) is 0.428. The number of rotatable bonds is 7. The minimum absolute atomic E-state index is 0.558. The van der Waals surface area contributed by atoms with Crippen LogP contribution < -0.4 is 0 Å². The fourth-order valence-electron chi connectivity index (χ4n) is 0.722. The summed E-state index contributed by atoms with van der Waals surface area (Å²) in [4.78, 5) is 5.48. The molecule has 0 amide bonds. The lowest BCUT2D eigenvalue weighted by Gasteiger charge is -2.19. The Morgan fingerprint density at radius 3 is 2.08 bits per heavy atom. The molecule has 70 valence electrons. The molecule has 0 aromatic heterocycles. The summed E-state index contributed by atoms with van der Waals surface area (Å²) >= 11 is 0. The zero-order valence-corrected chi connectivity index (χ0v) is 8.12. The third-order valence-corrected chi connectivity index (χ3v) is 1.26. The van der Waals surface area contributed by atoms with Crippen LogP contribution in [0.4, 0.5) is 0 Å². The van der Waals surface area contributed by atoms with Crippen molar-refractivity contribution in [2.45, 2.75) is 13.8 Å². The molecule has 0 spiro atoms. The third-order valence-electron chi connectivity index (χ3n) is 1.26. The van der Waals surface area contributed by atoms with Gasteiger partial charge in [-0.3, -0.25) is 4.84 Å². The van der Waals surface area contributed by atoms with Crippen LogP contribution in [-0.4, -0.2) is 24.8 Å². The maximum Gasteiger partial charge on any atom is 0.0708 e. The molecule has 0 aliphatic carbocycles. The van der Waals surface area contributed by atoms with Crippen LogP contribution in [0.25, 0.3) is 0 Å². The Balaban J connectivity index is 3.61. The number of nitrogens with zero attached hydrogens (tertiary/aromatic N) is 1. The molecule has 0 unspecified atom stereocenters. The van der Waals surface area contributed by atoms with Crippen molar-refractivity contribution in [1.29, 1.82) is 0 Å². The first-order valence-electron chi connectivity index (χ1n) is 4.30. The van der Waals surface area contributed by atoms with Crippen molar-refractivity contribution in [2.75, 3.05) is 19.7 Å². The predicted octanol–water partition coefficient (Wildman–Crippen LogP) is 2.25. The Morgan fingerprint density at radius 2 is 1.75 bits per heavy atom. The average Bonchev–Trinajstić information content (AvgIpc) is 2.01. The minimum atomic E-state index is 0.558. The Kier molecular flexibility index (Phi) is 6.72. The molecule has 0 aromatic carbocycles. The highest BCUT2D eigenvalue weighted by molar-refractivity contribution is 4.75. The predicted molar refractivity (Wildman–Crippen MR) is 52.8 cm³/mol. The molecule has 12 heavy (non-hydrogen) atoms. The maximum absolute atomic E-state index is 5.48. The molecule has 0 saturated carbocycles. The number of hydrogen-bond donors (Lipinski definition) is 0. The zero-order valence-electron chi connectivity index (χ0n) is 8.12. The molecule has 0 rings (SSSR count). The van der Waals surface area contributed by atoms with Crippen LogP contribution in [0.2, 0.25) is 0 Å². The summed E-state index contributed by atoms with van der Waals surface area (Å²) in [6.45, 7) is 13.8. The molecule has 0 fully saturated rings. The number of hydroxylamine groups is 2. The Hall–Kier alpha value is -0.600. The molecular formula is C10H19NO. The molecule has 0 heterocycles. The molecule has 2 heteroatoms. The van der Waals surface area contributed by atoms with Gasteiger partial charge in [0.15, 0.2) is 0 Å². The highest BCUT2D eigenvalue weighted by Gasteiger charge is 2.01. The lowest BCUT2D eigenvalue weighted by atomic mass is 10.2. The first-order valence-corrected chi connectivity index (χ1v) is 4.30. The van der Waals surface area contributed by atoms with Crippen molar-refractivity contribution >= 4 is 0 Å². The van der Waals surface area contributed by atoms with Gasteiger partial charge >= 0.3 is 0 Å². The third kappa shape index (κ3) is 6.13. The van der Waals surface area contributed by atoms with Crippen molar-refractivity contribution in [3.63, 3.8) is 0 Å². The Bertz CT molecular complexity index is 122. The largest absolute Gasteiger partial charge is 0.298 e. The van der Waals surface area contributed by atoms with Gasteiger partial charge in [0, 0.05) is 13.1 Å². The van der Waals surface area contributed by atoms with Crippen LogP contribution >= 0.6 is 0 Å². The van der Waals surface area contributed by atoms with Gasteiger partial charge in [0.25, 0.3) is 0 Å². The molecule has 0 N–H and O–H groups in total. The summed E-state index contributed by atoms with van der Waals surface area (Å²) in [5, 5.41) is 1.85. The van der Waals surface area contributed by atoms with Crippen LogP contribution in [0, 0.1) is 5.92 Å². The maximum atomic E-state index is 5.48. The van der Waals surface area contributed by atoms with Crippen LogP contribution in [0.3, 0.4) is 0 Å². The molecule has 0 aromatic rings. The summed E-state index contributed by atoms with van der Waals surface area (Å²) in [5.74, 6) is 0.558. The van der Waals surface area contributed by atoms with Gasteiger partial charge in [0.2, 0.25) is 0 Å². The van der Waals surface area contributed by atoms with Gasteiger partial charge in [-0.05, 0) is 5.92 Å². The van der Waals surface area contributed by atoms with Crippen molar-refractivity contribution < 1.29 is 4.84 Å². The van der Waals surface area contributed by atoms with E-state index in [9.17, 15) is 0 Å². The molecule has 0 atom stereocenters. The first kappa shape index (κ1) is 11.4. The molecule has 0 bridgehead atoms. The van der Waals surface area contributed by atoms with E-state index in [2.05, 4.69) is 27.0 Å². The van der Waals surface area contributed by atoms with Gasteiger partial charge in [-0.15, -0.1) is 13.2 Å². The van der Waals surface area contributed by atoms with E-state index >= 15 is 0 Å². The second kappa shape index (κ2) is 7.07. The minimum Gasteiger partial charge on any atom is -0.298 e. The monoisotopic (exact) mass is 169 g/mol. The second-order valence-corrected chi connectivity index (χ2v) is 3.11. The summed E-state index contributed by atoms with van der Waals surface area (Å²) in [6.07, 6.45) is 3.65. The summed E-state index contributed by atoms with van der Waals surface area (Å²) in [5.41, 5.74) is 0. The van der Waals surface area contributed by atoms with Gasteiger partial charge in [-0.2, -0.15) is 5.06 Å². The van der Waals surface area contributed by atoms with E-state index in [0.717, 1.165) is 19.7 Å². The standard InChI is InChI=1S/C10H19NO/c1-5-7-11(8-6-2)12-9-10(3)4/h5-6,10H,1-2,7-9H2,3-4H3. The lowest BCUT2D eigenvalue weighted by Crippen LogP contribution is -2.26. The molecule has 2 nitrogen and oxygen atoms in total. The van der Waals surface area contributed by atoms with Crippen molar-refractivity contribution in [2.24, 2.45) is 5.92 Å². The van der Waals surface area contributed by atoms with E-state index in [1.54, 1.807) is 0 Å². The van der Waals surface area contributed by atoms with Crippen molar-refractivity contribution in [3.8, 4) is 0 Å². The van der Waals surface area contributed by atoms with Crippen LogP contribution in [0.5, 0.6) is 0 Å². The summed E-state index contributed by atoms with van der Waals surface area (Å²) in [6, 6.07) is 0. The van der Waals surface area contributed by atoms with Crippen LogP contribution in [0.1, 0.15) is 13.8 Å². The van der Waals surface area contributed by atoms with E-state index in [1.807, 2.05) is 17.2 Å². The average molecular weight is 169 g/mol. The van der Waals surface area contributed by atoms with Gasteiger partial charge in [-0.25, -0.2) is 0 Å². The van der Waals surface area contributed by atoms with Gasteiger partial charge in [0.1, 0.15) is 0 Å². The van der Waals surface area contributed by atoms with Gasteiger partial charge in [-0.1, -0.05) is 26.0 Å². The van der Waals surface area contributed by atoms with E-state index in [1.165, 1.54) is 0 Å². The summed E-state index contributed by atoms with van der Waals surface area (Å²) in [7, 11) is 0. The fraction of sp³-hybridized carbons (Fsp3) is 0.600. The molecule has 0 saturated heterocycles.